The maximum absolute atomic E-state index is 12.6. The number of ether oxygens (including phenoxy) is 1. The number of sulfonamides is 1. The largest absolute Gasteiger partial charge is 0.496 e. The van der Waals surface area contributed by atoms with Crippen LogP contribution in [0, 0.1) is 6.92 Å². The van der Waals surface area contributed by atoms with Gasteiger partial charge in [-0.25, -0.2) is 13.1 Å². The van der Waals surface area contributed by atoms with Crippen molar-refractivity contribution in [3.63, 3.8) is 0 Å². The maximum atomic E-state index is 12.6. The Morgan fingerprint density at radius 3 is 2.48 bits per heavy atom. The fourth-order valence-corrected chi connectivity index (χ4v) is 4.22. The van der Waals surface area contributed by atoms with Gasteiger partial charge in [0.25, 0.3) is 0 Å². The van der Waals surface area contributed by atoms with Crippen LogP contribution in [0.4, 0.5) is 0 Å². The Balaban J connectivity index is 2.37. The number of halogens is 2. The average molecular weight is 374 g/mol. The Hall–Kier alpha value is -1.27. The molecular formula is C16H17Cl2NO3S. The van der Waals surface area contributed by atoms with E-state index in [1.807, 2.05) is 25.1 Å². The lowest BCUT2D eigenvalue weighted by Crippen LogP contribution is -2.27. The first-order valence-corrected chi connectivity index (χ1v) is 9.10. The Labute approximate surface area is 146 Å². The van der Waals surface area contributed by atoms with Crippen LogP contribution in [0.5, 0.6) is 5.75 Å². The number of nitrogens with one attached hydrogen (secondary N) is 1. The number of hydrogen-bond donors (Lipinski definition) is 1. The third kappa shape index (κ3) is 4.18. The molecule has 0 aliphatic rings. The van der Waals surface area contributed by atoms with Gasteiger partial charge in [0.2, 0.25) is 10.0 Å². The molecule has 0 amide bonds. The molecule has 0 saturated carbocycles. The van der Waals surface area contributed by atoms with Crippen LogP contribution in [0.2, 0.25) is 10.0 Å². The van der Waals surface area contributed by atoms with Crippen LogP contribution in [-0.2, 0) is 10.0 Å². The molecule has 23 heavy (non-hydrogen) atoms. The summed E-state index contributed by atoms with van der Waals surface area (Å²) in [5.74, 6) is 0.614. The van der Waals surface area contributed by atoms with Crippen LogP contribution < -0.4 is 9.46 Å². The third-order valence-electron chi connectivity index (χ3n) is 3.37. The molecule has 1 atom stereocenters. The van der Waals surface area contributed by atoms with Gasteiger partial charge in [-0.15, -0.1) is 0 Å². The fraction of sp³-hybridized carbons (Fsp3) is 0.250. The highest BCUT2D eigenvalue weighted by molar-refractivity contribution is 7.89. The van der Waals surface area contributed by atoms with Gasteiger partial charge in [0.15, 0.2) is 0 Å². The Kier molecular flexibility index (Phi) is 5.57. The first kappa shape index (κ1) is 18.1. The van der Waals surface area contributed by atoms with Crippen molar-refractivity contribution in [2.45, 2.75) is 24.8 Å². The molecule has 7 heteroatoms. The minimum atomic E-state index is -3.82. The van der Waals surface area contributed by atoms with E-state index in [4.69, 9.17) is 27.9 Å². The zero-order valence-electron chi connectivity index (χ0n) is 12.9. The minimum absolute atomic E-state index is 0.0508. The molecule has 1 unspecified atom stereocenters. The lowest BCUT2D eigenvalue weighted by molar-refractivity contribution is 0.405. The van der Waals surface area contributed by atoms with Crippen molar-refractivity contribution in [3.8, 4) is 5.75 Å². The zero-order valence-corrected chi connectivity index (χ0v) is 15.3. The van der Waals surface area contributed by atoms with Gasteiger partial charge in [0.05, 0.1) is 12.1 Å². The highest BCUT2D eigenvalue weighted by atomic mass is 35.5. The first-order chi connectivity index (χ1) is 10.7. The van der Waals surface area contributed by atoms with E-state index in [1.165, 1.54) is 18.2 Å². The summed E-state index contributed by atoms with van der Waals surface area (Å²) >= 11 is 11.9. The summed E-state index contributed by atoms with van der Waals surface area (Å²) in [6.45, 7) is 3.67. The second-order valence-electron chi connectivity index (χ2n) is 5.16. The molecule has 0 aliphatic heterocycles. The standard InChI is InChI=1S/C16H17Cl2NO3S/c1-10-4-7-15(22-3)13(8-10)11(2)19-23(20,21)16-9-12(17)5-6-14(16)18/h4-9,11,19H,1-3H3. The van der Waals surface area contributed by atoms with Gasteiger partial charge in [-0.3, -0.25) is 0 Å². The molecule has 2 aromatic rings. The van der Waals surface area contributed by atoms with Crippen LogP contribution in [0.1, 0.15) is 24.1 Å². The van der Waals surface area contributed by atoms with E-state index < -0.39 is 16.1 Å². The first-order valence-electron chi connectivity index (χ1n) is 6.86. The molecule has 0 bridgehead atoms. The van der Waals surface area contributed by atoms with Gasteiger partial charge in [0, 0.05) is 16.6 Å². The van der Waals surface area contributed by atoms with E-state index in [2.05, 4.69) is 4.72 Å². The summed E-state index contributed by atoms with van der Waals surface area (Å²) in [6, 6.07) is 9.41. The van der Waals surface area contributed by atoms with Gasteiger partial charge in [-0.05, 0) is 38.1 Å². The van der Waals surface area contributed by atoms with Crippen molar-refractivity contribution >= 4 is 33.2 Å². The number of methoxy groups -OCH3 is 1. The van der Waals surface area contributed by atoms with E-state index in [1.54, 1.807) is 14.0 Å². The van der Waals surface area contributed by atoms with Crippen molar-refractivity contribution in [2.75, 3.05) is 7.11 Å². The second kappa shape index (κ2) is 7.09. The second-order valence-corrected chi connectivity index (χ2v) is 7.69. The molecule has 0 saturated heterocycles. The Bertz CT molecular complexity index is 822. The number of aryl methyl sites for hydroxylation is 1. The summed E-state index contributed by atoms with van der Waals surface area (Å²) < 4.78 is 33.1. The van der Waals surface area contributed by atoms with Gasteiger partial charge >= 0.3 is 0 Å². The molecule has 2 rings (SSSR count). The van der Waals surface area contributed by atoms with E-state index >= 15 is 0 Å². The van der Waals surface area contributed by atoms with E-state index in [0.29, 0.717) is 10.8 Å². The SMILES string of the molecule is COc1ccc(C)cc1C(C)NS(=O)(=O)c1cc(Cl)ccc1Cl. The monoisotopic (exact) mass is 373 g/mol. The number of rotatable bonds is 5. The topological polar surface area (TPSA) is 55.4 Å². The predicted molar refractivity (Wildman–Crippen MR) is 92.9 cm³/mol. The molecular weight excluding hydrogens is 357 g/mol. The summed E-state index contributed by atoms with van der Waals surface area (Å²) in [7, 11) is -2.28. The van der Waals surface area contributed by atoms with Gasteiger partial charge in [0.1, 0.15) is 10.6 Å². The quantitative estimate of drug-likeness (QED) is 0.847. The van der Waals surface area contributed by atoms with Gasteiger partial charge < -0.3 is 4.74 Å². The number of hydrogen-bond acceptors (Lipinski definition) is 3. The lowest BCUT2D eigenvalue weighted by Gasteiger charge is -2.18. The molecule has 0 aliphatic carbocycles. The molecule has 4 nitrogen and oxygen atoms in total. The molecule has 0 radical (unpaired) electrons. The van der Waals surface area contributed by atoms with Crippen molar-refractivity contribution in [3.05, 3.63) is 57.6 Å². The van der Waals surface area contributed by atoms with Crippen LogP contribution in [0.15, 0.2) is 41.3 Å². The highest BCUT2D eigenvalue weighted by Crippen LogP contribution is 2.29. The minimum Gasteiger partial charge on any atom is -0.496 e. The van der Waals surface area contributed by atoms with Crippen molar-refractivity contribution in [1.82, 2.24) is 4.72 Å². The van der Waals surface area contributed by atoms with E-state index in [0.717, 1.165) is 11.1 Å². The highest BCUT2D eigenvalue weighted by Gasteiger charge is 2.23. The molecule has 2 aromatic carbocycles. The zero-order chi connectivity index (χ0) is 17.2. The fourth-order valence-electron chi connectivity index (χ4n) is 2.23. The van der Waals surface area contributed by atoms with E-state index in [-0.39, 0.29) is 9.92 Å². The lowest BCUT2D eigenvalue weighted by atomic mass is 10.1. The Morgan fingerprint density at radius 2 is 1.83 bits per heavy atom. The molecule has 0 fully saturated rings. The predicted octanol–water partition coefficient (Wildman–Crippen LogP) is 4.35. The van der Waals surface area contributed by atoms with Crippen LogP contribution in [-0.4, -0.2) is 15.5 Å². The summed E-state index contributed by atoms with van der Waals surface area (Å²) in [6.07, 6.45) is 0. The van der Waals surface area contributed by atoms with Gasteiger partial charge in [-0.2, -0.15) is 0 Å². The van der Waals surface area contributed by atoms with Crippen molar-refractivity contribution < 1.29 is 13.2 Å². The van der Waals surface area contributed by atoms with Crippen LogP contribution >= 0.6 is 23.2 Å². The molecule has 0 spiro atoms. The molecule has 124 valence electrons. The molecule has 0 aromatic heterocycles. The number of benzene rings is 2. The molecule has 0 heterocycles. The van der Waals surface area contributed by atoms with Crippen molar-refractivity contribution in [2.24, 2.45) is 0 Å². The summed E-state index contributed by atoms with van der Waals surface area (Å²) in [5.41, 5.74) is 1.75. The normalized spacial score (nSPS) is 12.9. The van der Waals surface area contributed by atoms with E-state index in [9.17, 15) is 8.42 Å². The Morgan fingerprint density at radius 1 is 1.13 bits per heavy atom. The smallest absolute Gasteiger partial charge is 0.242 e. The molecule has 1 N–H and O–H groups in total. The summed E-state index contributed by atoms with van der Waals surface area (Å²) in [5, 5.41) is 0.417. The van der Waals surface area contributed by atoms with Crippen LogP contribution in [0.25, 0.3) is 0 Å². The van der Waals surface area contributed by atoms with Crippen LogP contribution in [0.3, 0.4) is 0 Å². The summed E-state index contributed by atoms with van der Waals surface area (Å²) in [4.78, 5) is -0.0508. The van der Waals surface area contributed by atoms with Gasteiger partial charge in [-0.1, -0.05) is 40.9 Å². The third-order valence-corrected chi connectivity index (χ3v) is 5.62. The van der Waals surface area contributed by atoms with Crippen molar-refractivity contribution in [1.29, 1.82) is 0 Å². The maximum Gasteiger partial charge on any atom is 0.242 e. The average Bonchev–Trinajstić information content (AvgIpc) is 2.49.